The van der Waals surface area contributed by atoms with Crippen molar-refractivity contribution in [2.75, 3.05) is 38.9 Å². The highest BCUT2D eigenvalue weighted by Crippen LogP contribution is 2.35. The van der Waals surface area contributed by atoms with E-state index in [9.17, 15) is 9.59 Å². The van der Waals surface area contributed by atoms with Gasteiger partial charge in [-0.1, -0.05) is 0 Å². The third-order valence-electron chi connectivity index (χ3n) is 6.94. The number of pyridine rings is 2. The molecule has 4 aromatic rings. The second kappa shape index (κ2) is 8.38. The molecular formula is C25H25N5O5. The lowest BCUT2D eigenvalue weighted by molar-refractivity contribution is 0.0675. The van der Waals surface area contributed by atoms with Crippen LogP contribution in [0.2, 0.25) is 0 Å². The van der Waals surface area contributed by atoms with Crippen molar-refractivity contribution in [3.05, 3.63) is 52.1 Å². The van der Waals surface area contributed by atoms with E-state index in [0.717, 1.165) is 35.0 Å². The van der Waals surface area contributed by atoms with Crippen LogP contribution in [0.4, 0.5) is 5.69 Å². The Hall–Kier alpha value is -3.92. The van der Waals surface area contributed by atoms with Crippen LogP contribution in [-0.2, 0) is 11.2 Å². The van der Waals surface area contributed by atoms with Gasteiger partial charge in [-0.3, -0.25) is 14.3 Å². The molecule has 3 aromatic heterocycles. The number of H-pyrrole nitrogens is 1. The van der Waals surface area contributed by atoms with Crippen molar-refractivity contribution in [3.63, 3.8) is 0 Å². The van der Waals surface area contributed by atoms with Crippen molar-refractivity contribution < 1.29 is 19.0 Å². The number of hydrogen-bond acceptors (Lipinski definition) is 7. The Morgan fingerprint density at radius 1 is 1.11 bits per heavy atom. The summed E-state index contributed by atoms with van der Waals surface area (Å²) in [6.07, 6.45) is 5.62. The fraction of sp³-hybridized carbons (Fsp3) is 0.360. The molecule has 0 bridgehead atoms. The van der Waals surface area contributed by atoms with E-state index in [0.29, 0.717) is 54.3 Å². The second-order valence-corrected chi connectivity index (χ2v) is 8.81. The van der Waals surface area contributed by atoms with E-state index < -0.39 is 0 Å². The van der Waals surface area contributed by atoms with Gasteiger partial charge >= 0.3 is 0 Å². The fourth-order valence-corrected chi connectivity index (χ4v) is 5.14. The molecule has 0 saturated carbocycles. The van der Waals surface area contributed by atoms with E-state index in [4.69, 9.17) is 14.2 Å². The first-order valence-corrected chi connectivity index (χ1v) is 11.6. The molecule has 6 rings (SSSR count). The molecule has 0 radical (unpaired) electrons. The normalized spacial score (nSPS) is 16.1. The quantitative estimate of drug-likeness (QED) is 0.483. The molecule has 2 aliphatic heterocycles. The molecule has 0 atom stereocenters. The maximum Gasteiger partial charge on any atom is 0.262 e. The number of aromatic nitrogens is 4. The first-order valence-electron chi connectivity index (χ1n) is 11.6. The van der Waals surface area contributed by atoms with Gasteiger partial charge in [-0.2, -0.15) is 5.10 Å². The topological polar surface area (TPSA) is 112 Å². The van der Waals surface area contributed by atoms with Gasteiger partial charge < -0.3 is 24.1 Å². The molecule has 180 valence electrons. The largest absolute Gasteiger partial charge is 0.496 e. The smallest absolute Gasteiger partial charge is 0.262 e. The van der Waals surface area contributed by atoms with Crippen LogP contribution in [0.5, 0.6) is 11.6 Å². The van der Waals surface area contributed by atoms with Crippen molar-refractivity contribution in [3.8, 4) is 11.6 Å². The van der Waals surface area contributed by atoms with Crippen molar-refractivity contribution in [1.82, 2.24) is 19.7 Å². The van der Waals surface area contributed by atoms with E-state index in [1.165, 1.54) is 0 Å². The summed E-state index contributed by atoms with van der Waals surface area (Å²) in [7, 11) is 3.11. The van der Waals surface area contributed by atoms with Gasteiger partial charge in [-0.15, -0.1) is 0 Å². The standard InChI is InChI=1S/C25H25N5O5/c1-33-21-11-16-19(28-24(31)18-12-27-30(23(16)18)15-4-7-35-8-5-15)10-17(21)25(32)29-6-3-14-9-22(34-2)26-13-20(14)29/h9-13,15H,3-8H2,1-2H3,(H,28,31). The van der Waals surface area contributed by atoms with Crippen LogP contribution in [0.1, 0.15) is 34.8 Å². The average Bonchev–Trinajstić information content (AvgIpc) is 3.53. The molecule has 10 nitrogen and oxygen atoms in total. The summed E-state index contributed by atoms with van der Waals surface area (Å²) in [6.45, 7) is 1.84. The highest BCUT2D eigenvalue weighted by atomic mass is 16.5. The molecule has 1 amide bonds. The van der Waals surface area contributed by atoms with Gasteiger partial charge in [0.25, 0.3) is 11.5 Å². The lowest BCUT2D eigenvalue weighted by Crippen LogP contribution is -2.29. The highest BCUT2D eigenvalue weighted by Gasteiger charge is 2.29. The van der Waals surface area contributed by atoms with Crippen molar-refractivity contribution in [2.45, 2.75) is 25.3 Å². The fourth-order valence-electron chi connectivity index (χ4n) is 5.14. The summed E-state index contributed by atoms with van der Waals surface area (Å²) in [5, 5.41) is 5.85. The molecule has 1 aromatic carbocycles. The molecule has 0 spiro atoms. The molecule has 5 heterocycles. The Labute approximate surface area is 200 Å². The van der Waals surface area contributed by atoms with Gasteiger partial charge in [-0.05, 0) is 37.0 Å². The molecule has 35 heavy (non-hydrogen) atoms. The first kappa shape index (κ1) is 21.6. The average molecular weight is 476 g/mol. The zero-order chi connectivity index (χ0) is 24.1. The number of carbonyl (C=O) groups excluding carboxylic acids is 1. The second-order valence-electron chi connectivity index (χ2n) is 8.81. The maximum absolute atomic E-state index is 13.7. The number of hydrogen-bond donors (Lipinski definition) is 1. The maximum atomic E-state index is 13.7. The van der Waals surface area contributed by atoms with E-state index in [2.05, 4.69) is 15.1 Å². The Balaban J connectivity index is 1.48. The minimum Gasteiger partial charge on any atom is -0.496 e. The zero-order valence-electron chi connectivity index (χ0n) is 19.5. The minimum absolute atomic E-state index is 0.143. The zero-order valence-corrected chi connectivity index (χ0v) is 19.5. The summed E-state index contributed by atoms with van der Waals surface area (Å²) in [5.41, 5.74) is 3.19. The predicted molar refractivity (Wildman–Crippen MR) is 130 cm³/mol. The molecule has 0 unspecified atom stereocenters. The van der Waals surface area contributed by atoms with Crippen LogP contribution >= 0.6 is 0 Å². The third-order valence-corrected chi connectivity index (χ3v) is 6.94. The third kappa shape index (κ3) is 3.44. The first-order chi connectivity index (χ1) is 17.1. The number of ether oxygens (including phenoxy) is 3. The molecule has 0 aliphatic carbocycles. The Morgan fingerprint density at radius 2 is 1.94 bits per heavy atom. The number of fused-ring (bicyclic) bond motifs is 4. The molecule has 1 fully saturated rings. The van der Waals surface area contributed by atoms with Crippen molar-refractivity contribution in [2.24, 2.45) is 0 Å². The van der Waals surface area contributed by atoms with Gasteiger partial charge in [0.2, 0.25) is 5.88 Å². The summed E-state index contributed by atoms with van der Waals surface area (Å²) in [6, 6.07) is 5.52. The lowest BCUT2D eigenvalue weighted by Gasteiger charge is -2.23. The molecule has 1 N–H and O–H groups in total. The van der Waals surface area contributed by atoms with Crippen LogP contribution in [0.15, 0.2) is 35.4 Å². The van der Waals surface area contributed by atoms with Crippen LogP contribution in [0.25, 0.3) is 21.8 Å². The van der Waals surface area contributed by atoms with Crippen LogP contribution < -0.4 is 19.9 Å². The lowest BCUT2D eigenvalue weighted by atomic mass is 10.1. The number of methoxy groups -OCH3 is 2. The minimum atomic E-state index is -0.239. The molecule has 2 aliphatic rings. The molecule has 10 heteroatoms. The Morgan fingerprint density at radius 3 is 2.71 bits per heavy atom. The molecule has 1 saturated heterocycles. The van der Waals surface area contributed by atoms with Crippen LogP contribution in [0, 0.1) is 0 Å². The van der Waals surface area contributed by atoms with E-state index in [1.54, 1.807) is 37.6 Å². The van der Waals surface area contributed by atoms with E-state index in [1.807, 2.05) is 16.8 Å². The van der Waals surface area contributed by atoms with Crippen LogP contribution in [-0.4, -0.2) is 59.6 Å². The predicted octanol–water partition coefficient (Wildman–Crippen LogP) is 2.84. The number of rotatable bonds is 4. The van der Waals surface area contributed by atoms with Crippen LogP contribution in [0.3, 0.4) is 0 Å². The summed E-state index contributed by atoms with van der Waals surface area (Å²) < 4.78 is 18.3. The number of benzene rings is 1. The van der Waals surface area contributed by atoms with Crippen molar-refractivity contribution in [1.29, 1.82) is 0 Å². The number of carbonyl (C=O) groups is 1. The number of anilines is 1. The highest BCUT2D eigenvalue weighted by molar-refractivity contribution is 6.13. The number of amides is 1. The van der Waals surface area contributed by atoms with Gasteiger partial charge in [-0.25, -0.2) is 4.98 Å². The monoisotopic (exact) mass is 475 g/mol. The van der Waals surface area contributed by atoms with Gasteiger partial charge in [0.05, 0.1) is 60.3 Å². The van der Waals surface area contributed by atoms with Gasteiger partial charge in [0.1, 0.15) is 5.75 Å². The Kier molecular flexibility index (Phi) is 5.18. The SMILES string of the molecule is COc1cc2c(cn1)N(C(=O)c1cc3[nH]c(=O)c4cnn(C5CCOCC5)c4c3cc1OC)CC2. The van der Waals surface area contributed by atoms with Gasteiger partial charge in [0.15, 0.2) is 0 Å². The summed E-state index contributed by atoms with van der Waals surface area (Å²) in [5.74, 6) is 0.739. The number of nitrogens with zero attached hydrogens (tertiary/aromatic N) is 4. The summed E-state index contributed by atoms with van der Waals surface area (Å²) in [4.78, 5) is 35.5. The number of aromatic amines is 1. The van der Waals surface area contributed by atoms with E-state index >= 15 is 0 Å². The van der Waals surface area contributed by atoms with E-state index in [-0.39, 0.29) is 17.5 Å². The summed E-state index contributed by atoms with van der Waals surface area (Å²) >= 11 is 0. The van der Waals surface area contributed by atoms with Gasteiger partial charge in [0, 0.05) is 31.2 Å². The van der Waals surface area contributed by atoms with Crippen molar-refractivity contribution >= 4 is 33.4 Å². The number of nitrogens with one attached hydrogen (secondary N) is 1. The Bertz CT molecular complexity index is 1520. The molecular weight excluding hydrogens is 450 g/mol.